The number of benzene rings is 2. The topological polar surface area (TPSA) is 63.4 Å². The van der Waals surface area contributed by atoms with Gasteiger partial charge in [0.2, 0.25) is 5.91 Å². The molecule has 23 heavy (non-hydrogen) atoms. The highest BCUT2D eigenvalue weighted by atomic mass is 19.2. The van der Waals surface area contributed by atoms with E-state index in [1.54, 1.807) is 0 Å². The Kier molecular flexibility index (Phi) is 5.00. The highest BCUT2D eigenvalue weighted by Gasteiger charge is 2.19. The van der Waals surface area contributed by atoms with Crippen LogP contribution < -0.4 is 10.6 Å². The standard InChI is InChI=1S/C16H13F3N2O2/c17-11-2-4-12(5-3-11)21(8-7-15(20)22)16(23)10-1-6-13(18)14(19)9-10/h1-6,9H,7-8H2,(H2,20,22). The Labute approximate surface area is 130 Å². The maximum atomic E-state index is 13.3. The highest BCUT2D eigenvalue weighted by molar-refractivity contribution is 6.06. The Morgan fingerprint density at radius 2 is 1.61 bits per heavy atom. The van der Waals surface area contributed by atoms with E-state index in [1.165, 1.54) is 12.1 Å². The lowest BCUT2D eigenvalue weighted by atomic mass is 10.1. The first-order valence-electron chi connectivity index (χ1n) is 6.69. The van der Waals surface area contributed by atoms with Crippen molar-refractivity contribution in [3.8, 4) is 0 Å². The summed E-state index contributed by atoms with van der Waals surface area (Å²) in [5, 5.41) is 0. The fourth-order valence-electron chi connectivity index (χ4n) is 1.98. The summed E-state index contributed by atoms with van der Waals surface area (Å²) in [4.78, 5) is 24.6. The Bertz CT molecular complexity index is 733. The maximum absolute atomic E-state index is 13.3. The zero-order valence-corrected chi connectivity index (χ0v) is 11.9. The molecule has 7 heteroatoms. The molecule has 0 radical (unpaired) electrons. The molecule has 2 amide bonds. The van der Waals surface area contributed by atoms with Crippen molar-refractivity contribution in [2.45, 2.75) is 6.42 Å². The van der Waals surface area contributed by atoms with E-state index in [4.69, 9.17) is 5.73 Å². The molecule has 0 aliphatic heterocycles. The second kappa shape index (κ2) is 6.95. The van der Waals surface area contributed by atoms with Crippen molar-refractivity contribution in [1.82, 2.24) is 0 Å². The number of hydrogen-bond acceptors (Lipinski definition) is 2. The first kappa shape index (κ1) is 16.5. The van der Waals surface area contributed by atoms with Gasteiger partial charge in [-0.1, -0.05) is 0 Å². The van der Waals surface area contributed by atoms with Crippen LogP contribution in [0.3, 0.4) is 0 Å². The van der Waals surface area contributed by atoms with Crippen molar-refractivity contribution in [3.63, 3.8) is 0 Å². The second-order valence-corrected chi connectivity index (χ2v) is 4.78. The van der Waals surface area contributed by atoms with Crippen LogP contribution in [0.4, 0.5) is 18.9 Å². The van der Waals surface area contributed by atoms with Gasteiger partial charge in [0, 0.05) is 24.2 Å². The molecule has 2 aromatic rings. The summed E-state index contributed by atoms with van der Waals surface area (Å²) >= 11 is 0. The molecule has 0 aromatic heterocycles. The number of nitrogens with zero attached hydrogens (tertiary/aromatic N) is 1. The summed E-state index contributed by atoms with van der Waals surface area (Å²) in [7, 11) is 0. The minimum Gasteiger partial charge on any atom is -0.370 e. The number of primary amides is 1. The molecule has 0 aliphatic carbocycles. The number of amides is 2. The Morgan fingerprint density at radius 3 is 2.17 bits per heavy atom. The van der Waals surface area contributed by atoms with E-state index in [1.807, 2.05) is 0 Å². The van der Waals surface area contributed by atoms with E-state index in [0.29, 0.717) is 5.69 Å². The van der Waals surface area contributed by atoms with Crippen LogP contribution in [-0.2, 0) is 4.79 Å². The Balaban J connectivity index is 2.35. The van der Waals surface area contributed by atoms with Gasteiger partial charge in [-0.2, -0.15) is 0 Å². The molecule has 0 saturated carbocycles. The highest BCUT2D eigenvalue weighted by Crippen LogP contribution is 2.19. The quantitative estimate of drug-likeness (QED) is 0.920. The van der Waals surface area contributed by atoms with Gasteiger partial charge in [-0.3, -0.25) is 9.59 Å². The zero-order chi connectivity index (χ0) is 17.0. The first-order chi connectivity index (χ1) is 10.9. The SMILES string of the molecule is NC(=O)CCN(C(=O)c1ccc(F)c(F)c1)c1ccc(F)cc1. The fraction of sp³-hybridized carbons (Fsp3) is 0.125. The van der Waals surface area contributed by atoms with Crippen molar-refractivity contribution in [3.05, 3.63) is 65.5 Å². The number of carbonyl (C=O) groups excluding carboxylic acids is 2. The fourth-order valence-corrected chi connectivity index (χ4v) is 1.98. The van der Waals surface area contributed by atoms with Gasteiger partial charge >= 0.3 is 0 Å². The monoisotopic (exact) mass is 322 g/mol. The van der Waals surface area contributed by atoms with Gasteiger partial charge in [0.05, 0.1) is 0 Å². The van der Waals surface area contributed by atoms with Crippen molar-refractivity contribution in [2.75, 3.05) is 11.4 Å². The normalized spacial score (nSPS) is 10.4. The van der Waals surface area contributed by atoms with Crippen molar-refractivity contribution >= 4 is 17.5 Å². The maximum Gasteiger partial charge on any atom is 0.258 e. The second-order valence-electron chi connectivity index (χ2n) is 4.78. The van der Waals surface area contributed by atoms with Crippen LogP contribution in [0.2, 0.25) is 0 Å². The summed E-state index contributed by atoms with van der Waals surface area (Å²) < 4.78 is 39.3. The molecule has 120 valence electrons. The molecule has 0 saturated heterocycles. The van der Waals surface area contributed by atoms with Gasteiger partial charge in [0.15, 0.2) is 11.6 Å². The molecule has 2 aromatic carbocycles. The third kappa shape index (κ3) is 4.09. The molecule has 0 fully saturated rings. The molecule has 2 rings (SSSR count). The van der Waals surface area contributed by atoms with Crippen molar-refractivity contribution in [1.29, 1.82) is 0 Å². The minimum atomic E-state index is -1.16. The summed E-state index contributed by atoms with van der Waals surface area (Å²) in [6.45, 7) is -0.0706. The smallest absolute Gasteiger partial charge is 0.258 e. The molecule has 2 N–H and O–H groups in total. The predicted molar refractivity (Wildman–Crippen MR) is 78.2 cm³/mol. The minimum absolute atomic E-state index is 0.0706. The van der Waals surface area contributed by atoms with Crippen LogP contribution in [0.15, 0.2) is 42.5 Å². The van der Waals surface area contributed by atoms with E-state index in [2.05, 4.69) is 0 Å². The lowest BCUT2D eigenvalue weighted by Gasteiger charge is -2.22. The largest absolute Gasteiger partial charge is 0.370 e. The third-order valence-corrected chi connectivity index (χ3v) is 3.13. The van der Waals surface area contributed by atoms with Crippen LogP contribution >= 0.6 is 0 Å². The van der Waals surface area contributed by atoms with Crippen LogP contribution in [0.5, 0.6) is 0 Å². The zero-order valence-electron chi connectivity index (χ0n) is 11.9. The van der Waals surface area contributed by atoms with Gasteiger partial charge in [-0.15, -0.1) is 0 Å². The number of carbonyl (C=O) groups is 2. The first-order valence-corrected chi connectivity index (χ1v) is 6.69. The number of halogens is 3. The summed E-state index contributed by atoms with van der Waals surface area (Å²) in [5.74, 6) is -4.02. The van der Waals surface area contributed by atoms with Gasteiger partial charge in [-0.05, 0) is 42.5 Å². The molecule has 4 nitrogen and oxygen atoms in total. The van der Waals surface area contributed by atoms with Crippen LogP contribution in [0.25, 0.3) is 0 Å². The summed E-state index contributed by atoms with van der Waals surface area (Å²) in [5.41, 5.74) is 5.29. The molecule has 0 atom stereocenters. The average molecular weight is 322 g/mol. The van der Waals surface area contributed by atoms with E-state index in [9.17, 15) is 22.8 Å². The molecular formula is C16H13F3N2O2. The lowest BCUT2D eigenvalue weighted by molar-refractivity contribution is -0.117. The number of hydrogen-bond donors (Lipinski definition) is 1. The van der Waals surface area contributed by atoms with Crippen LogP contribution in [-0.4, -0.2) is 18.4 Å². The van der Waals surface area contributed by atoms with Crippen LogP contribution in [0.1, 0.15) is 16.8 Å². The molecule has 0 bridgehead atoms. The van der Waals surface area contributed by atoms with Gasteiger partial charge in [0.1, 0.15) is 5.82 Å². The molecule has 0 aliphatic rings. The van der Waals surface area contributed by atoms with E-state index < -0.39 is 29.3 Å². The Hall–Kier alpha value is -2.83. The molecule has 0 spiro atoms. The van der Waals surface area contributed by atoms with E-state index in [-0.39, 0.29) is 18.5 Å². The lowest BCUT2D eigenvalue weighted by Crippen LogP contribution is -2.34. The molecular weight excluding hydrogens is 309 g/mol. The van der Waals surface area contributed by atoms with Crippen LogP contribution in [0, 0.1) is 17.5 Å². The Morgan fingerprint density at radius 1 is 0.957 bits per heavy atom. The van der Waals surface area contributed by atoms with Gasteiger partial charge in [0.25, 0.3) is 5.91 Å². The van der Waals surface area contributed by atoms with Crippen molar-refractivity contribution in [2.24, 2.45) is 5.73 Å². The number of anilines is 1. The van der Waals surface area contributed by atoms with E-state index in [0.717, 1.165) is 35.2 Å². The molecule has 0 heterocycles. The number of nitrogens with two attached hydrogens (primary N) is 1. The summed E-state index contributed by atoms with van der Waals surface area (Å²) in [6.07, 6.45) is -0.132. The van der Waals surface area contributed by atoms with Gasteiger partial charge < -0.3 is 10.6 Å². The third-order valence-electron chi connectivity index (χ3n) is 3.13. The summed E-state index contributed by atoms with van der Waals surface area (Å²) in [6, 6.07) is 7.69. The number of rotatable bonds is 5. The van der Waals surface area contributed by atoms with E-state index >= 15 is 0 Å². The van der Waals surface area contributed by atoms with Gasteiger partial charge in [-0.25, -0.2) is 13.2 Å². The predicted octanol–water partition coefficient (Wildman–Crippen LogP) is 2.63. The van der Waals surface area contributed by atoms with Crippen molar-refractivity contribution < 1.29 is 22.8 Å². The average Bonchev–Trinajstić information content (AvgIpc) is 2.51. The molecule has 0 unspecified atom stereocenters.